The molecular weight excluding hydrogens is 315 g/mol. The zero-order chi connectivity index (χ0) is 17.5. The van der Waals surface area contributed by atoms with Gasteiger partial charge in [0.2, 0.25) is 0 Å². The molecule has 24 heavy (non-hydrogen) atoms. The molecule has 0 aliphatic carbocycles. The number of hydrogen-bond acceptors (Lipinski definition) is 3. The molecule has 0 radical (unpaired) electrons. The highest BCUT2D eigenvalue weighted by Crippen LogP contribution is 2.15. The van der Waals surface area contributed by atoms with Gasteiger partial charge in [-0.1, -0.05) is 96.5 Å². The lowest BCUT2D eigenvalue weighted by Crippen LogP contribution is -2.26. The molecule has 0 aromatic carbocycles. The van der Waals surface area contributed by atoms with Gasteiger partial charge in [0.15, 0.2) is 0 Å². The van der Waals surface area contributed by atoms with E-state index in [-0.39, 0.29) is 0 Å². The van der Waals surface area contributed by atoms with Crippen molar-refractivity contribution in [3.05, 3.63) is 17.0 Å². The van der Waals surface area contributed by atoms with Gasteiger partial charge in [0.05, 0.1) is 0 Å². The van der Waals surface area contributed by atoms with Crippen LogP contribution in [0.4, 0.5) is 0 Å². The summed E-state index contributed by atoms with van der Waals surface area (Å²) in [6, 6.07) is 3.86. The summed E-state index contributed by atoms with van der Waals surface area (Å²) in [6.07, 6.45) is 20.5. The quantitative estimate of drug-likeness (QED) is 0.307. The number of unbranched alkanes of at least 4 members (excludes halogenated alkanes) is 13. The minimum atomic E-state index is -1.31. The van der Waals surface area contributed by atoms with Crippen LogP contribution in [0.5, 0.6) is 0 Å². The van der Waals surface area contributed by atoms with Crippen molar-refractivity contribution in [1.29, 1.82) is 0 Å². The van der Waals surface area contributed by atoms with E-state index in [9.17, 15) is 0 Å². The molecule has 0 amide bonds. The topological polar surface area (TPSA) is 40.5 Å². The monoisotopic (exact) mass is 352 g/mol. The fraction of sp³-hybridized carbons (Fsp3) is 0.800. The van der Waals surface area contributed by atoms with Gasteiger partial charge in [0.1, 0.15) is 0 Å². The lowest BCUT2D eigenvalue weighted by molar-refractivity contribution is 0.427. The zero-order valence-corrected chi connectivity index (χ0v) is 16.5. The predicted molar refractivity (Wildman–Crippen MR) is 108 cm³/mol. The van der Waals surface area contributed by atoms with E-state index >= 15 is 0 Å². The van der Waals surface area contributed by atoms with Crippen molar-refractivity contribution in [2.24, 2.45) is 0 Å². The molecule has 0 saturated heterocycles. The number of hydrogen-bond donors (Lipinski definition) is 2. The molecule has 1 aromatic rings. The van der Waals surface area contributed by atoms with Crippen LogP contribution >= 0.6 is 11.3 Å². The third-order valence-corrected chi connectivity index (χ3v) is 5.90. The molecule has 0 unspecified atom stereocenters. The van der Waals surface area contributed by atoms with E-state index in [1.165, 1.54) is 106 Å². The Bertz CT molecular complexity index is 393. The summed E-state index contributed by atoms with van der Waals surface area (Å²) in [5, 5.41) is 18.2. The van der Waals surface area contributed by atoms with Gasteiger partial charge in [0, 0.05) is 9.65 Å². The van der Waals surface area contributed by atoms with Gasteiger partial charge >= 0.3 is 7.12 Å². The molecule has 0 bridgehead atoms. The molecule has 0 spiro atoms. The van der Waals surface area contributed by atoms with E-state index < -0.39 is 7.12 Å². The molecule has 1 heterocycles. The average Bonchev–Trinajstić information content (AvgIpc) is 3.04. The molecular formula is C20H37BO2S. The van der Waals surface area contributed by atoms with Gasteiger partial charge in [-0.2, -0.15) is 0 Å². The predicted octanol–water partition coefficient (Wildman–Crippen LogP) is 5.45. The first-order chi connectivity index (χ1) is 11.7. The fourth-order valence-electron chi connectivity index (χ4n) is 3.16. The Hall–Kier alpha value is -0.315. The van der Waals surface area contributed by atoms with E-state index in [4.69, 9.17) is 10.0 Å². The zero-order valence-electron chi connectivity index (χ0n) is 15.6. The standard InChI is InChI=1S/C20H37BO2S/c1-2-3-4-5-6-7-8-9-10-11-12-13-14-15-16-19-17-18-20(24-19)21(22)23/h17-18,22-23H,2-16H2,1H3. The van der Waals surface area contributed by atoms with E-state index in [0.717, 1.165) is 6.42 Å². The summed E-state index contributed by atoms with van der Waals surface area (Å²) >= 11 is 1.53. The first kappa shape index (κ1) is 21.7. The summed E-state index contributed by atoms with van der Waals surface area (Å²) in [6.45, 7) is 2.28. The van der Waals surface area contributed by atoms with Crippen molar-refractivity contribution in [3.8, 4) is 0 Å². The molecule has 1 rings (SSSR count). The van der Waals surface area contributed by atoms with E-state index in [2.05, 4.69) is 6.92 Å². The van der Waals surface area contributed by atoms with Crippen LogP contribution in [0, 0.1) is 0 Å². The molecule has 0 fully saturated rings. The van der Waals surface area contributed by atoms with Crippen LogP contribution in [0.1, 0.15) is 102 Å². The smallest absolute Gasteiger partial charge is 0.423 e. The van der Waals surface area contributed by atoms with Crippen molar-refractivity contribution in [1.82, 2.24) is 0 Å². The van der Waals surface area contributed by atoms with Crippen molar-refractivity contribution in [2.75, 3.05) is 0 Å². The van der Waals surface area contributed by atoms with E-state index in [1.807, 2.05) is 12.1 Å². The third-order valence-electron chi connectivity index (χ3n) is 4.71. The highest BCUT2D eigenvalue weighted by molar-refractivity contribution is 7.22. The Labute approximate surface area is 153 Å². The van der Waals surface area contributed by atoms with Crippen molar-refractivity contribution >= 4 is 23.2 Å². The molecule has 1 aromatic heterocycles. The van der Waals surface area contributed by atoms with Gasteiger partial charge in [-0.15, -0.1) is 11.3 Å². The fourth-order valence-corrected chi connectivity index (χ4v) is 4.09. The Morgan fingerprint density at radius 1 is 0.708 bits per heavy atom. The Morgan fingerprint density at radius 2 is 1.17 bits per heavy atom. The average molecular weight is 352 g/mol. The molecule has 0 aliphatic rings. The maximum absolute atomic E-state index is 9.10. The first-order valence-electron chi connectivity index (χ1n) is 10.2. The number of thiophene rings is 1. The van der Waals surface area contributed by atoms with Crippen LogP contribution in [0.25, 0.3) is 0 Å². The van der Waals surface area contributed by atoms with Crippen LogP contribution < -0.4 is 4.78 Å². The second-order valence-electron chi connectivity index (χ2n) is 7.02. The molecule has 138 valence electrons. The van der Waals surface area contributed by atoms with Crippen LogP contribution in [-0.2, 0) is 6.42 Å². The molecule has 0 aliphatic heterocycles. The van der Waals surface area contributed by atoms with Gasteiger partial charge in [0.25, 0.3) is 0 Å². The lowest BCUT2D eigenvalue weighted by Gasteiger charge is -2.03. The number of rotatable bonds is 16. The van der Waals surface area contributed by atoms with Crippen molar-refractivity contribution in [2.45, 2.75) is 103 Å². The lowest BCUT2D eigenvalue weighted by atomic mass is 9.90. The maximum atomic E-state index is 9.10. The molecule has 0 atom stereocenters. The Kier molecular flexibility index (Phi) is 13.6. The summed E-state index contributed by atoms with van der Waals surface area (Å²) in [5.41, 5.74) is 0. The Morgan fingerprint density at radius 3 is 1.58 bits per heavy atom. The third kappa shape index (κ3) is 11.3. The molecule has 2 N–H and O–H groups in total. The van der Waals surface area contributed by atoms with Crippen LogP contribution in [0.15, 0.2) is 12.1 Å². The normalized spacial score (nSPS) is 11.1. The van der Waals surface area contributed by atoms with E-state index in [1.54, 1.807) is 0 Å². The SMILES string of the molecule is CCCCCCCCCCCCCCCCc1ccc(B(O)O)s1. The number of aryl methyl sites for hydroxylation is 1. The second kappa shape index (κ2) is 15.0. The van der Waals surface area contributed by atoms with Crippen molar-refractivity contribution in [3.63, 3.8) is 0 Å². The minimum absolute atomic E-state index is 0.662. The summed E-state index contributed by atoms with van der Waals surface area (Å²) in [4.78, 5) is 1.28. The van der Waals surface area contributed by atoms with Crippen LogP contribution in [-0.4, -0.2) is 17.2 Å². The Balaban J connectivity index is 1.80. The van der Waals surface area contributed by atoms with Crippen molar-refractivity contribution < 1.29 is 10.0 Å². The van der Waals surface area contributed by atoms with Crippen LogP contribution in [0.2, 0.25) is 0 Å². The molecule has 0 saturated carbocycles. The van der Waals surface area contributed by atoms with Gasteiger partial charge < -0.3 is 10.0 Å². The summed E-state index contributed by atoms with van der Waals surface area (Å²) < 4.78 is 0.662. The largest absolute Gasteiger partial charge is 0.499 e. The van der Waals surface area contributed by atoms with Gasteiger partial charge in [-0.25, -0.2) is 0 Å². The summed E-state index contributed by atoms with van der Waals surface area (Å²) in [7, 11) is -1.31. The summed E-state index contributed by atoms with van der Waals surface area (Å²) in [5.74, 6) is 0. The minimum Gasteiger partial charge on any atom is -0.423 e. The van der Waals surface area contributed by atoms with Gasteiger partial charge in [-0.05, 0) is 18.9 Å². The highest BCUT2D eigenvalue weighted by Gasteiger charge is 2.13. The van der Waals surface area contributed by atoms with Gasteiger partial charge in [-0.3, -0.25) is 0 Å². The maximum Gasteiger partial charge on any atom is 0.499 e. The molecule has 2 nitrogen and oxygen atoms in total. The van der Waals surface area contributed by atoms with Crippen LogP contribution in [0.3, 0.4) is 0 Å². The second-order valence-corrected chi connectivity index (χ2v) is 8.22. The van der Waals surface area contributed by atoms with E-state index in [0.29, 0.717) is 4.78 Å². The molecule has 4 heteroatoms. The highest BCUT2D eigenvalue weighted by atomic mass is 32.1. The first-order valence-corrected chi connectivity index (χ1v) is 11.0.